The molecule has 2 fully saturated rings. The van der Waals surface area contributed by atoms with Gasteiger partial charge in [0.25, 0.3) is 0 Å². The van der Waals surface area contributed by atoms with Crippen molar-refractivity contribution in [2.24, 2.45) is 33.7 Å². The predicted molar refractivity (Wildman–Crippen MR) is 88.2 cm³/mol. The lowest BCUT2D eigenvalue weighted by Gasteiger charge is -2.25. The van der Waals surface area contributed by atoms with Gasteiger partial charge in [-0.3, -0.25) is 0 Å². The molecule has 22 heavy (non-hydrogen) atoms. The maximum atomic E-state index is 10.0. The quantitative estimate of drug-likeness (QED) is 0.381. The molecule has 4 unspecified atom stereocenters. The highest BCUT2D eigenvalue weighted by Crippen LogP contribution is 2.51. The molecule has 4 heteroatoms. The van der Waals surface area contributed by atoms with Crippen LogP contribution < -0.4 is 0 Å². The van der Waals surface area contributed by atoms with E-state index in [0.717, 1.165) is 12.8 Å². The highest BCUT2D eigenvalue weighted by Gasteiger charge is 2.45. The number of unbranched alkanes of at least 4 members (excludes halogenated alkanes) is 4. The van der Waals surface area contributed by atoms with E-state index in [1.54, 1.807) is 12.2 Å². The number of rotatable bonds is 8. The monoisotopic (exact) mass is 306 g/mol. The molecule has 0 aliphatic heterocycles. The first kappa shape index (κ1) is 18.8. The number of nitrogens with zero attached hydrogens (tertiary/aromatic N) is 2. The van der Waals surface area contributed by atoms with Crippen molar-refractivity contribution >= 4 is 12.2 Å². The van der Waals surface area contributed by atoms with Crippen LogP contribution in [0, 0.1) is 23.7 Å². The second-order valence-electron chi connectivity index (χ2n) is 6.67. The van der Waals surface area contributed by atoms with Crippen LogP contribution in [0.3, 0.4) is 0 Å². The summed E-state index contributed by atoms with van der Waals surface area (Å²) in [5.74, 6) is 2.48. The van der Waals surface area contributed by atoms with E-state index in [0.29, 0.717) is 36.8 Å². The molecular weight excluding hydrogens is 276 g/mol. The standard InChI is InChI=1S/C11H14N2O2.C7H16/c14-6-12-4-10-2-8-1-9(10)3-11(8)5-13-7-15;1-3-5-7-6-4-2/h8-11H,1-5H2;3-7H2,1-2H3. The largest absolute Gasteiger partial charge is 0.234 e. The zero-order valence-electron chi connectivity index (χ0n) is 14.1. The molecule has 0 spiro atoms. The number of hydrogen-bond donors (Lipinski definition) is 0. The van der Waals surface area contributed by atoms with E-state index < -0.39 is 0 Å². The summed E-state index contributed by atoms with van der Waals surface area (Å²) in [6, 6.07) is 0. The van der Waals surface area contributed by atoms with Crippen LogP contribution in [0.5, 0.6) is 0 Å². The van der Waals surface area contributed by atoms with Crippen LogP contribution in [-0.2, 0) is 9.59 Å². The zero-order chi connectivity index (χ0) is 16.2. The van der Waals surface area contributed by atoms with Crippen molar-refractivity contribution in [3.05, 3.63) is 0 Å². The lowest BCUT2D eigenvalue weighted by molar-refractivity contribution is 0.267. The third-order valence-electron chi connectivity index (χ3n) is 5.14. The first-order chi connectivity index (χ1) is 10.8. The summed E-state index contributed by atoms with van der Waals surface area (Å²) >= 11 is 0. The fraction of sp³-hybridized carbons (Fsp3) is 0.889. The average Bonchev–Trinajstić information content (AvgIpc) is 3.12. The van der Waals surface area contributed by atoms with Crippen LogP contribution in [0.15, 0.2) is 9.98 Å². The second kappa shape index (κ2) is 11.3. The number of fused-ring (bicyclic) bond motifs is 2. The number of aliphatic imine (C=N–C) groups is 2. The number of carbonyl (C=O) groups excluding carboxylic acids is 2. The SMILES string of the molecule is CCCCCCC.O=C=NCC1CC2CC1CC2CN=C=O. The minimum absolute atomic E-state index is 0.563. The Kier molecular flexibility index (Phi) is 9.70. The van der Waals surface area contributed by atoms with E-state index >= 15 is 0 Å². The van der Waals surface area contributed by atoms with Gasteiger partial charge in [0.05, 0.1) is 13.1 Å². The van der Waals surface area contributed by atoms with Gasteiger partial charge in [-0.25, -0.2) is 19.6 Å². The molecule has 124 valence electrons. The Morgan fingerprint density at radius 1 is 0.773 bits per heavy atom. The van der Waals surface area contributed by atoms with E-state index in [1.165, 1.54) is 38.5 Å². The molecule has 0 aromatic rings. The van der Waals surface area contributed by atoms with E-state index in [-0.39, 0.29) is 0 Å². The number of hydrogen-bond acceptors (Lipinski definition) is 4. The Balaban J connectivity index is 0.000000295. The fourth-order valence-electron chi connectivity index (χ4n) is 3.95. The molecule has 2 saturated carbocycles. The van der Waals surface area contributed by atoms with Crippen molar-refractivity contribution < 1.29 is 9.59 Å². The molecule has 4 atom stereocenters. The highest BCUT2D eigenvalue weighted by molar-refractivity contribution is 5.33. The smallest absolute Gasteiger partial charge is 0.211 e. The molecule has 4 nitrogen and oxygen atoms in total. The molecule has 0 aromatic heterocycles. The predicted octanol–water partition coefficient (Wildman–Crippen LogP) is 4.30. The van der Waals surface area contributed by atoms with E-state index in [9.17, 15) is 9.59 Å². The third kappa shape index (κ3) is 6.25. The first-order valence-corrected chi connectivity index (χ1v) is 8.83. The van der Waals surface area contributed by atoms with Crippen molar-refractivity contribution in [2.75, 3.05) is 13.1 Å². The summed E-state index contributed by atoms with van der Waals surface area (Å²) in [4.78, 5) is 27.4. The van der Waals surface area contributed by atoms with Crippen molar-refractivity contribution in [3.63, 3.8) is 0 Å². The average molecular weight is 306 g/mol. The molecule has 0 N–H and O–H groups in total. The molecule has 0 amide bonds. The summed E-state index contributed by atoms with van der Waals surface area (Å²) < 4.78 is 0. The third-order valence-corrected chi connectivity index (χ3v) is 5.14. The molecule has 2 bridgehead atoms. The summed E-state index contributed by atoms with van der Waals surface area (Å²) in [7, 11) is 0. The molecule has 0 heterocycles. The molecule has 0 aromatic carbocycles. The van der Waals surface area contributed by atoms with Crippen molar-refractivity contribution in [1.29, 1.82) is 0 Å². The van der Waals surface area contributed by atoms with Gasteiger partial charge in [-0.2, -0.15) is 0 Å². The Morgan fingerprint density at radius 2 is 1.23 bits per heavy atom. The maximum absolute atomic E-state index is 10.0. The van der Waals surface area contributed by atoms with Gasteiger partial charge < -0.3 is 0 Å². The van der Waals surface area contributed by atoms with Gasteiger partial charge >= 0.3 is 0 Å². The Bertz CT molecular complexity index is 362. The van der Waals surface area contributed by atoms with E-state index in [2.05, 4.69) is 23.8 Å². The Labute approximate surface area is 134 Å². The fourth-order valence-corrected chi connectivity index (χ4v) is 3.95. The van der Waals surface area contributed by atoms with Gasteiger partial charge in [-0.15, -0.1) is 0 Å². The molecular formula is C18H30N2O2. The van der Waals surface area contributed by atoms with Crippen LogP contribution in [-0.4, -0.2) is 25.2 Å². The molecule has 2 aliphatic carbocycles. The van der Waals surface area contributed by atoms with Gasteiger partial charge in [-0.05, 0) is 42.9 Å². The maximum Gasteiger partial charge on any atom is 0.234 e. The van der Waals surface area contributed by atoms with Crippen LogP contribution in [0.25, 0.3) is 0 Å². The number of isocyanates is 2. The van der Waals surface area contributed by atoms with Gasteiger partial charge in [0.15, 0.2) is 0 Å². The van der Waals surface area contributed by atoms with Gasteiger partial charge in [0.2, 0.25) is 12.2 Å². The molecule has 0 radical (unpaired) electrons. The highest BCUT2D eigenvalue weighted by atomic mass is 16.1. The van der Waals surface area contributed by atoms with Gasteiger partial charge in [0, 0.05) is 0 Å². The van der Waals surface area contributed by atoms with Crippen molar-refractivity contribution in [1.82, 2.24) is 0 Å². The summed E-state index contributed by atoms with van der Waals surface area (Å²) in [5.41, 5.74) is 0. The van der Waals surface area contributed by atoms with Crippen LogP contribution in [0.2, 0.25) is 0 Å². The lowest BCUT2D eigenvalue weighted by atomic mass is 9.82. The van der Waals surface area contributed by atoms with Crippen LogP contribution >= 0.6 is 0 Å². The molecule has 2 aliphatic rings. The summed E-state index contributed by atoms with van der Waals surface area (Å²) in [5, 5.41) is 0. The normalized spacial score (nSPS) is 28.3. The Hall–Kier alpha value is -1.24. The van der Waals surface area contributed by atoms with Crippen molar-refractivity contribution in [2.45, 2.75) is 65.2 Å². The van der Waals surface area contributed by atoms with Gasteiger partial charge in [-0.1, -0.05) is 46.0 Å². The zero-order valence-corrected chi connectivity index (χ0v) is 14.1. The lowest BCUT2D eigenvalue weighted by Crippen LogP contribution is -2.21. The summed E-state index contributed by atoms with van der Waals surface area (Å²) in [6.07, 6.45) is 13.7. The molecule has 0 saturated heterocycles. The first-order valence-electron chi connectivity index (χ1n) is 8.83. The van der Waals surface area contributed by atoms with Crippen LogP contribution in [0.1, 0.15) is 65.2 Å². The Morgan fingerprint density at radius 3 is 1.55 bits per heavy atom. The van der Waals surface area contributed by atoms with Gasteiger partial charge in [0.1, 0.15) is 0 Å². The van der Waals surface area contributed by atoms with Crippen LogP contribution in [0.4, 0.5) is 0 Å². The minimum atomic E-state index is 0.563. The molecule has 2 rings (SSSR count). The van der Waals surface area contributed by atoms with Crippen molar-refractivity contribution in [3.8, 4) is 0 Å². The minimum Gasteiger partial charge on any atom is -0.211 e. The second-order valence-corrected chi connectivity index (χ2v) is 6.67. The van der Waals surface area contributed by atoms with E-state index in [4.69, 9.17) is 0 Å². The topological polar surface area (TPSA) is 58.9 Å². The summed E-state index contributed by atoms with van der Waals surface area (Å²) in [6.45, 7) is 5.76. The van der Waals surface area contributed by atoms with E-state index in [1.807, 2.05) is 0 Å².